The SMILES string of the molecule is CCCCCC1(CCCCC)O[C@@H]2[C@H](O1)[C@H]1ON(Cc3ccccc3C=CCO[C@H]3O[C@H](CO)[C@H](O)[C@H](O)[C@H]3O)[C@@H]3C(=O)O[C@@H]2C[C@]13C(=O)N1CCC[C@@H]1C(=O)N[C@H](CO)CCC(=O)OC(C)(C)C. The Morgan fingerprint density at radius 1 is 0.971 bits per heavy atom. The van der Waals surface area contributed by atoms with E-state index in [1.807, 2.05) is 24.3 Å². The quantitative estimate of drug-likeness (QED) is 0.0722. The molecule has 6 aliphatic rings. The van der Waals surface area contributed by atoms with E-state index < -0.39 is 127 Å². The fraction of sp³-hybridized carbons (Fsp3) is 0.760. The maximum absolute atomic E-state index is 15.7. The molecule has 1 aromatic carbocycles. The number of nitrogens with one attached hydrogen (secondary N) is 1. The molecular weight excluding hydrogens is 899 g/mol. The predicted octanol–water partition coefficient (Wildman–Crippen LogP) is 2.55. The van der Waals surface area contributed by atoms with Gasteiger partial charge in [0.2, 0.25) is 11.8 Å². The summed E-state index contributed by atoms with van der Waals surface area (Å²) in [6.45, 7) is 8.70. The van der Waals surface area contributed by atoms with Crippen LogP contribution in [0, 0.1) is 5.41 Å². The molecule has 7 rings (SSSR count). The molecule has 5 heterocycles. The predicted molar refractivity (Wildman–Crippen MR) is 246 cm³/mol. The molecule has 386 valence electrons. The van der Waals surface area contributed by atoms with Crippen LogP contribution >= 0.6 is 0 Å². The normalized spacial score (nSPS) is 33.3. The van der Waals surface area contributed by atoms with Gasteiger partial charge in [-0.3, -0.25) is 24.0 Å². The van der Waals surface area contributed by atoms with Crippen LogP contribution in [0.1, 0.15) is 129 Å². The Morgan fingerprint density at radius 2 is 1.68 bits per heavy atom. The highest BCUT2D eigenvalue weighted by Crippen LogP contribution is 2.59. The maximum Gasteiger partial charge on any atom is 0.327 e. The van der Waals surface area contributed by atoms with Crippen LogP contribution in [0.4, 0.5) is 0 Å². The van der Waals surface area contributed by atoms with Crippen molar-refractivity contribution in [3.63, 3.8) is 0 Å². The molecule has 5 saturated heterocycles. The number of hydroxylamine groups is 2. The van der Waals surface area contributed by atoms with Crippen molar-refractivity contribution < 1.29 is 78.0 Å². The molecule has 13 atom stereocenters. The number of nitrogens with zero attached hydrogens (tertiary/aromatic N) is 2. The maximum atomic E-state index is 15.7. The standard InChI is InChI=1S/C50H75N3O16/c1-6-8-12-22-49(23-13-9-7-2)67-40-34-26-50(47(62)52-24-14-19-33(52)44(60)51-32(28-54)20-21-36(56)66-48(3,4)5)42(45(61)64-34)53(69-43(50)41(40)68-49)27-31-17-11-10-16-30(31)18-15-25-63-46-39(59)38(58)37(57)35(29-55)65-46/h10-11,15-18,32-35,37-43,46,54-55,57-59H,6-9,12-14,19-29H2,1-5H3,(H,51,60)/t32-,33+,34+,35+,37-,38-,39+,40-,41-,42+,43+,46-,50+/m0/s1. The number of amides is 2. The lowest BCUT2D eigenvalue weighted by Crippen LogP contribution is -2.70. The molecule has 6 N–H and O–H groups in total. The Bertz CT molecular complexity index is 1950. The second-order valence-electron chi connectivity index (χ2n) is 20.5. The molecule has 2 bridgehead atoms. The highest BCUT2D eigenvalue weighted by molar-refractivity contribution is 5.96. The molecule has 6 fully saturated rings. The molecule has 0 aromatic heterocycles. The number of rotatable bonds is 22. The number of fused-ring (bicyclic) bond motifs is 4. The van der Waals surface area contributed by atoms with Crippen LogP contribution in [0.3, 0.4) is 0 Å². The van der Waals surface area contributed by atoms with E-state index in [2.05, 4.69) is 19.2 Å². The zero-order valence-corrected chi connectivity index (χ0v) is 40.7. The first-order chi connectivity index (χ1) is 33.0. The number of likely N-dealkylation sites (tertiary alicyclic amines) is 1. The summed E-state index contributed by atoms with van der Waals surface area (Å²) >= 11 is 0. The zero-order valence-electron chi connectivity index (χ0n) is 40.7. The summed E-state index contributed by atoms with van der Waals surface area (Å²) in [7, 11) is 0. The lowest BCUT2D eigenvalue weighted by molar-refractivity contribution is -0.298. The molecule has 19 nitrogen and oxygen atoms in total. The van der Waals surface area contributed by atoms with Gasteiger partial charge in [0.1, 0.15) is 65.9 Å². The number of hydrogen-bond acceptors (Lipinski definition) is 17. The van der Waals surface area contributed by atoms with Gasteiger partial charge in [-0.05, 0) is 64.0 Å². The topological polar surface area (TPSA) is 253 Å². The van der Waals surface area contributed by atoms with Crippen LogP contribution in [0.5, 0.6) is 0 Å². The molecule has 0 radical (unpaired) electrons. The summed E-state index contributed by atoms with van der Waals surface area (Å²) in [4.78, 5) is 65.5. The Labute approximate surface area is 404 Å². The van der Waals surface area contributed by atoms with E-state index in [1.165, 1.54) is 9.96 Å². The van der Waals surface area contributed by atoms with Crippen molar-refractivity contribution in [1.29, 1.82) is 0 Å². The molecule has 0 unspecified atom stereocenters. The van der Waals surface area contributed by atoms with Gasteiger partial charge >= 0.3 is 11.9 Å². The summed E-state index contributed by atoms with van der Waals surface area (Å²) in [6, 6.07) is 4.45. The number of carbonyl (C=O) groups is 4. The third kappa shape index (κ3) is 11.5. The number of aliphatic hydroxyl groups excluding tert-OH is 5. The van der Waals surface area contributed by atoms with Gasteiger partial charge in [-0.1, -0.05) is 75.9 Å². The minimum absolute atomic E-state index is 0.0280. The first kappa shape index (κ1) is 53.2. The van der Waals surface area contributed by atoms with E-state index >= 15 is 4.79 Å². The van der Waals surface area contributed by atoms with Crippen molar-refractivity contribution in [1.82, 2.24) is 15.3 Å². The number of benzene rings is 1. The van der Waals surface area contributed by atoms with Gasteiger partial charge in [-0.25, -0.2) is 0 Å². The second-order valence-corrected chi connectivity index (χ2v) is 20.5. The van der Waals surface area contributed by atoms with Gasteiger partial charge in [0.05, 0.1) is 32.4 Å². The van der Waals surface area contributed by atoms with E-state index in [9.17, 15) is 39.9 Å². The number of esters is 2. The Hall–Kier alpha value is -3.60. The van der Waals surface area contributed by atoms with Crippen LogP contribution in [-0.2, 0) is 59.0 Å². The molecule has 2 amide bonds. The van der Waals surface area contributed by atoms with Crippen molar-refractivity contribution in [2.45, 2.75) is 209 Å². The average molecular weight is 974 g/mol. The van der Waals surface area contributed by atoms with Crippen molar-refractivity contribution in [3.8, 4) is 0 Å². The van der Waals surface area contributed by atoms with Gasteiger partial charge in [0, 0.05) is 32.2 Å². The third-order valence-electron chi connectivity index (χ3n) is 14.4. The van der Waals surface area contributed by atoms with Gasteiger partial charge < -0.3 is 64.2 Å². The molecule has 1 aromatic rings. The van der Waals surface area contributed by atoms with Gasteiger partial charge in [0.25, 0.3) is 0 Å². The summed E-state index contributed by atoms with van der Waals surface area (Å²) < 4.78 is 36.9. The molecule has 5 aliphatic heterocycles. The fourth-order valence-electron chi connectivity index (χ4n) is 11.0. The zero-order chi connectivity index (χ0) is 49.7. The van der Waals surface area contributed by atoms with Gasteiger partial charge in [-0.2, -0.15) is 5.06 Å². The smallest absolute Gasteiger partial charge is 0.327 e. The van der Waals surface area contributed by atoms with Crippen molar-refractivity contribution in [2.75, 3.05) is 26.4 Å². The first-order valence-corrected chi connectivity index (χ1v) is 25.1. The van der Waals surface area contributed by atoms with Crippen LogP contribution in [0.2, 0.25) is 0 Å². The minimum Gasteiger partial charge on any atom is -0.460 e. The highest BCUT2D eigenvalue weighted by atomic mass is 16.8. The van der Waals surface area contributed by atoms with Crippen molar-refractivity contribution >= 4 is 29.8 Å². The van der Waals surface area contributed by atoms with Crippen LogP contribution in [-0.4, -0.2) is 170 Å². The van der Waals surface area contributed by atoms with Crippen molar-refractivity contribution in [2.24, 2.45) is 5.41 Å². The summed E-state index contributed by atoms with van der Waals surface area (Å²) in [5, 5.41) is 55.1. The molecule has 69 heavy (non-hydrogen) atoms. The molecule has 1 aliphatic carbocycles. The fourth-order valence-corrected chi connectivity index (χ4v) is 11.0. The molecule has 0 spiro atoms. The largest absolute Gasteiger partial charge is 0.460 e. The van der Waals surface area contributed by atoms with E-state index in [0.29, 0.717) is 36.8 Å². The Kier molecular flexibility index (Phi) is 17.6. The van der Waals surface area contributed by atoms with Crippen LogP contribution in [0.25, 0.3) is 6.08 Å². The minimum atomic E-state index is -1.59. The monoisotopic (exact) mass is 974 g/mol. The highest BCUT2D eigenvalue weighted by Gasteiger charge is 2.77. The van der Waals surface area contributed by atoms with E-state index in [-0.39, 0.29) is 39.0 Å². The van der Waals surface area contributed by atoms with Crippen molar-refractivity contribution in [3.05, 3.63) is 41.5 Å². The summed E-state index contributed by atoms with van der Waals surface area (Å²) in [5.41, 5.74) is -0.818. The number of ether oxygens (including phenoxy) is 6. The second kappa shape index (κ2) is 22.9. The number of unbranched alkanes of at least 4 members (excludes halogenated alkanes) is 4. The summed E-state index contributed by atoms with van der Waals surface area (Å²) in [5.74, 6) is -2.99. The summed E-state index contributed by atoms with van der Waals surface area (Å²) in [6.07, 6.45) is 0.881. The van der Waals surface area contributed by atoms with Gasteiger partial charge in [0.15, 0.2) is 18.1 Å². The van der Waals surface area contributed by atoms with E-state index in [1.54, 1.807) is 32.9 Å². The Morgan fingerprint density at radius 3 is 2.36 bits per heavy atom. The van der Waals surface area contributed by atoms with E-state index in [4.69, 9.17) is 33.3 Å². The van der Waals surface area contributed by atoms with Crippen LogP contribution < -0.4 is 5.32 Å². The third-order valence-corrected chi connectivity index (χ3v) is 14.4. The van der Waals surface area contributed by atoms with Crippen LogP contribution in [0.15, 0.2) is 30.3 Å². The molecule has 1 saturated carbocycles. The number of aliphatic hydroxyl groups is 5. The lowest BCUT2D eigenvalue weighted by atomic mass is 9.62. The number of carbonyl (C=O) groups excluding carboxylic acids is 4. The first-order valence-electron chi connectivity index (χ1n) is 25.1. The Balaban J connectivity index is 1.16. The number of hydrogen-bond donors (Lipinski definition) is 6. The molecule has 19 heteroatoms. The average Bonchev–Trinajstić information content (AvgIpc) is 4.05. The van der Waals surface area contributed by atoms with Gasteiger partial charge in [-0.15, -0.1) is 0 Å². The lowest BCUT2D eigenvalue weighted by Gasteiger charge is -2.50. The molecular formula is C50H75N3O16. The van der Waals surface area contributed by atoms with E-state index in [0.717, 1.165) is 38.5 Å².